The van der Waals surface area contributed by atoms with Gasteiger partial charge in [-0.15, -0.1) is 0 Å². The van der Waals surface area contributed by atoms with E-state index in [0.717, 1.165) is 38.1 Å². The molecule has 0 spiro atoms. The van der Waals surface area contributed by atoms with Crippen molar-refractivity contribution in [2.45, 2.75) is 45.3 Å². The first-order valence-electron chi connectivity index (χ1n) is 7.49. The molecule has 1 aromatic rings. The predicted octanol–water partition coefficient (Wildman–Crippen LogP) is 2.81. The molecular weight excluding hydrogens is 252 g/mol. The molecule has 0 unspecified atom stereocenters. The van der Waals surface area contributed by atoms with Crippen molar-refractivity contribution in [3.8, 4) is 0 Å². The normalized spacial score (nSPS) is 21.1. The largest absolute Gasteiger partial charge is 0.382 e. The van der Waals surface area contributed by atoms with Gasteiger partial charge in [0.15, 0.2) is 0 Å². The number of nitrogens with one attached hydrogen (secondary N) is 2. The molecule has 0 heterocycles. The Hall–Kier alpha value is -1.55. The molecule has 0 aromatic heterocycles. The molecule has 1 aromatic carbocycles. The Morgan fingerprint density at radius 3 is 2.85 bits per heavy atom. The van der Waals surface area contributed by atoms with Crippen molar-refractivity contribution in [1.82, 2.24) is 5.32 Å². The van der Waals surface area contributed by atoms with E-state index >= 15 is 0 Å². The van der Waals surface area contributed by atoms with E-state index < -0.39 is 0 Å². The number of anilines is 1. The Balaban J connectivity index is 1.85. The van der Waals surface area contributed by atoms with E-state index in [1.165, 1.54) is 0 Å². The lowest BCUT2D eigenvalue weighted by Gasteiger charge is -2.36. The second kappa shape index (κ2) is 7.29. The van der Waals surface area contributed by atoms with Gasteiger partial charge in [0.1, 0.15) is 0 Å². The van der Waals surface area contributed by atoms with E-state index in [1.54, 1.807) is 0 Å². The molecule has 20 heavy (non-hydrogen) atoms. The lowest BCUT2D eigenvalue weighted by atomic mass is 9.89. The van der Waals surface area contributed by atoms with Crippen LogP contribution in [0.2, 0.25) is 0 Å². The average molecular weight is 276 g/mol. The highest BCUT2D eigenvalue weighted by atomic mass is 16.5. The van der Waals surface area contributed by atoms with Crippen LogP contribution < -0.4 is 10.6 Å². The Morgan fingerprint density at radius 2 is 2.15 bits per heavy atom. The van der Waals surface area contributed by atoms with Gasteiger partial charge in [-0.05, 0) is 44.4 Å². The van der Waals surface area contributed by atoms with Crippen molar-refractivity contribution in [2.24, 2.45) is 0 Å². The number of amides is 1. The van der Waals surface area contributed by atoms with Crippen molar-refractivity contribution >= 4 is 11.6 Å². The van der Waals surface area contributed by atoms with E-state index in [9.17, 15) is 4.79 Å². The molecule has 110 valence electrons. The van der Waals surface area contributed by atoms with Crippen LogP contribution in [0.4, 0.5) is 5.69 Å². The van der Waals surface area contributed by atoms with Gasteiger partial charge in [-0.25, -0.2) is 0 Å². The summed E-state index contributed by atoms with van der Waals surface area (Å²) in [6.07, 6.45) is 3.43. The number of ether oxygens (including phenoxy) is 1. The van der Waals surface area contributed by atoms with E-state index in [0.29, 0.717) is 17.7 Å². The minimum absolute atomic E-state index is 0.00342. The number of hydrogen-bond acceptors (Lipinski definition) is 3. The fourth-order valence-electron chi connectivity index (χ4n) is 2.38. The second-order valence-electron chi connectivity index (χ2n) is 5.23. The summed E-state index contributed by atoms with van der Waals surface area (Å²) in [5.74, 6) is -0.00342. The van der Waals surface area contributed by atoms with Crippen LogP contribution in [0.3, 0.4) is 0 Å². The van der Waals surface area contributed by atoms with E-state index in [2.05, 4.69) is 10.6 Å². The first-order valence-corrected chi connectivity index (χ1v) is 7.49. The quantitative estimate of drug-likeness (QED) is 0.805. The molecule has 1 aliphatic rings. The maximum absolute atomic E-state index is 11.9. The predicted molar refractivity (Wildman–Crippen MR) is 81.1 cm³/mol. The Morgan fingerprint density at radius 1 is 1.35 bits per heavy atom. The number of hydrogen-bond donors (Lipinski definition) is 2. The van der Waals surface area contributed by atoms with Crippen molar-refractivity contribution in [3.63, 3.8) is 0 Å². The van der Waals surface area contributed by atoms with Gasteiger partial charge in [-0.3, -0.25) is 4.79 Å². The maximum Gasteiger partial charge on any atom is 0.251 e. The summed E-state index contributed by atoms with van der Waals surface area (Å²) >= 11 is 0. The van der Waals surface area contributed by atoms with Gasteiger partial charge in [0, 0.05) is 30.4 Å². The Labute approximate surface area is 120 Å². The van der Waals surface area contributed by atoms with Crippen molar-refractivity contribution in [1.29, 1.82) is 0 Å². The third-order valence-electron chi connectivity index (χ3n) is 3.53. The lowest BCUT2D eigenvalue weighted by Crippen LogP contribution is -2.40. The highest BCUT2D eigenvalue weighted by Gasteiger charge is 2.29. The smallest absolute Gasteiger partial charge is 0.251 e. The highest BCUT2D eigenvalue weighted by Crippen LogP contribution is 2.27. The summed E-state index contributed by atoms with van der Waals surface area (Å²) in [6, 6.07) is 8.14. The van der Waals surface area contributed by atoms with Gasteiger partial charge < -0.3 is 15.4 Å². The van der Waals surface area contributed by atoms with Crippen LogP contribution >= 0.6 is 0 Å². The molecule has 0 aliphatic heterocycles. The first kappa shape index (κ1) is 14.9. The zero-order valence-corrected chi connectivity index (χ0v) is 12.3. The molecule has 1 amide bonds. The van der Waals surface area contributed by atoms with E-state index in [4.69, 9.17) is 4.74 Å². The molecule has 4 heteroatoms. The van der Waals surface area contributed by atoms with Crippen LogP contribution in [0.15, 0.2) is 24.3 Å². The SMILES string of the molecule is CCCNC(=O)c1cccc(NC2CC(OCC)C2)c1. The standard InChI is InChI=1S/C16H24N2O2/c1-3-8-17-16(19)12-6-5-7-13(9-12)18-14-10-15(11-14)20-4-2/h5-7,9,14-15,18H,3-4,8,10-11H2,1-2H3,(H,17,19). The second-order valence-corrected chi connectivity index (χ2v) is 5.23. The summed E-state index contributed by atoms with van der Waals surface area (Å²) in [5, 5.41) is 6.35. The monoisotopic (exact) mass is 276 g/mol. The molecule has 4 nitrogen and oxygen atoms in total. The van der Waals surface area contributed by atoms with Crippen LogP contribution in [0.25, 0.3) is 0 Å². The van der Waals surface area contributed by atoms with Gasteiger partial charge in [0.05, 0.1) is 6.10 Å². The van der Waals surface area contributed by atoms with Gasteiger partial charge >= 0.3 is 0 Å². The van der Waals surface area contributed by atoms with Crippen molar-refractivity contribution < 1.29 is 9.53 Å². The summed E-state index contributed by atoms with van der Waals surface area (Å²) in [6.45, 7) is 5.57. The van der Waals surface area contributed by atoms with Crippen LogP contribution in [-0.2, 0) is 4.74 Å². The summed E-state index contributed by atoms with van der Waals surface area (Å²) < 4.78 is 5.55. The highest BCUT2D eigenvalue weighted by molar-refractivity contribution is 5.95. The zero-order valence-electron chi connectivity index (χ0n) is 12.3. The van der Waals surface area contributed by atoms with Gasteiger partial charge in [0.25, 0.3) is 5.91 Å². The molecule has 2 N–H and O–H groups in total. The lowest BCUT2D eigenvalue weighted by molar-refractivity contribution is 0.00299. The Kier molecular flexibility index (Phi) is 5.41. The maximum atomic E-state index is 11.9. The summed E-state index contributed by atoms with van der Waals surface area (Å²) in [7, 11) is 0. The van der Waals surface area contributed by atoms with Gasteiger partial charge in [0.2, 0.25) is 0 Å². The number of rotatable bonds is 7. The van der Waals surface area contributed by atoms with Crippen LogP contribution in [0, 0.1) is 0 Å². The fourth-order valence-corrected chi connectivity index (χ4v) is 2.38. The zero-order chi connectivity index (χ0) is 14.4. The average Bonchev–Trinajstić information content (AvgIpc) is 2.43. The summed E-state index contributed by atoms with van der Waals surface area (Å²) in [4.78, 5) is 11.9. The molecule has 0 saturated heterocycles. The number of benzene rings is 1. The molecule has 1 saturated carbocycles. The molecular formula is C16H24N2O2. The molecule has 2 rings (SSSR count). The van der Waals surface area contributed by atoms with E-state index in [-0.39, 0.29) is 5.91 Å². The Bertz CT molecular complexity index is 442. The van der Waals surface area contributed by atoms with Gasteiger partial charge in [-0.2, -0.15) is 0 Å². The van der Waals surface area contributed by atoms with Crippen LogP contribution in [-0.4, -0.2) is 31.2 Å². The van der Waals surface area contributed by atoms with E-state index in [1.807, 2.05) is 38.1 Å². The first-order chi connectivity index (χ1) is 9.72. The molecule has 0 atom stereocenters. The van der Waals surface area contributed by atoms with Crippen LogP contribution in [0.5, 0.6) is 0 Å². The number of carbonyl (C=O) groups is 1. The molecule has 1 fully saturated rings. The van der Waals surface area contributed by atoms with Gasteiger partial charge in [-0.1, -0.05) is 13.0 Å². The molecule has 1 aliphatic carbocycles. The minimum Gasteiger partial charge on any atom is -0.382 e. The number of carbonyl (C=O) groups excluding carboxylic acids is 1. The fraction of sp³-hybridized carbons (Fsp3) is 0.562. The molecule has 0 bridgehead atoms. The van der Waals surface area contributed by atoms with Crippen LogP contribution in [0.1, 0.15) is 43.5 Å². The van der Waals surface area contributed by atoms with Crippen molar-refractivity contribution in [3.05, 3.63) is 29.8 Å². The van der Waals surface area contributed by atoms with Crippen molar-refractivity contribution in [2.75, 3.05) is 18.5 Å². The topological polar surface area (TPSA) is 50.4 Å². The third kappa shape index (κ3) is 3.97. The third-order valence-corrected chi connectivity index (χ3v) is 3.53. The molecule has 0 radical (unpaired) electrons. The summed E-state index contributed by atoms with van der Waals surface area (Å²) in [5.41, 5.74) is 1.72. The minimum atomic E-state index is -0.00342.